The van der Waals surface area contributed by atoms with Gasteiger partial charge in [-0.15, -0.1) is 11.3 Å². The van der Waals surface area contributed by atoms with Gasteiger partial charge in [0.1, 0.15) is 5.75 Å². The first-order valence-corrected chi connectivity index (χ1v) is 8.65. The van der Waals surface area contributed by atoms with E-state index in [1.54, 1.807) is 6.20 Å². The van der Waals surface area contributed by atoms with Crippen LogP contribution in [0.2, 0.25) is 0 Å². The lowest BCUT2D eigenvalue weighted by Crippen LogP contribution is -2.20. The molecule has 20 heavy (non-hydrogen) atoms. The number of benzene rings is 1. The fourth-order valence-electron chi connectivity index (χ4n) is 1.37. The number of carbonyl (C=O) groups is 1. The van der Waals surface area contributed by atoms with Crippen molar-refractivity contribution in [2.45, 2.75) is 6.92 Å². The van der Waals surface area contributed by atoms with Crippen LogP contribution in [-0.4, -0.2) is 17.5 Å². The van der Waals surface area contributed by atoms with Crippen LogP contribution in [-0.2, 0) is 4.79 Å². The topological polar surface area (TPSA) is 51.2 Å². The molecule has 1 heterocycles. The van der Waals surface area contributed by atoms with Crippen molar-refractivity contribution in [3.05, 3.63) is 36.6 Å². The van der Waals surface area contributed by atoms with E-state index in [1.165, 1.54) is 11.3 Å². The van der Waals surface area contributed by atoms with Gasteiger partial charge >= 0.3 is 0 Å². The standard InChI is InChI=1S/C12H9Br3N2O2S/c1-6-4-16-12(20-6)17-10(18)5-19-11-8(14)2-7(13)3-9(11)15/h2-4H,5H2,1H3,(H,16,17,18). The molecule has 0 aliphatic heterocycles. The van der Waals surface area contributed by atoms with E-state index in [4.69, 9.17) is 4.74 Å². The number of thiazole rings is 1. The second-order valence-corrected chi connectivity index (χ2v) is 7.67. The Kier molecular flexibility index (Phi) is 5.59. The normalized spacial score (nSPS) is 10.4. The highest BCUT2D eigenvalue weighted by Crippen LogP contribution is 2.36. The predicted molar refractivity (Wildman–Crippen MR) is 90.5 cm³/mol. The van der Waals surface area contributed by atoms with E-state index in [0.29, 0.717) is 10.9 Å². The number of aromatic nitrogens is 1. The van der Waals surface area contributed by atoms with E-state index in [-0.39, 0.29) is 12.5 Å². The molecule has 106 valence electrons. The molecule has 1 amide bonds. The van der Waals surface area contributed by atoms with E-state index in [1.807, 2.05) is 19.1 Å². The van der Waals surface area contributed by atoms with Crippen molar-refractivity contribution in [2.75, 3.05) is 11.9 Å². The lowest BCUT2D eigenvalue weighted by molar-refractivity contribution is -0.118. The zero-order valence-corrected chi connectivity index (χ0v) is 15.8. The molecule has 1 aromatic heterocycles. The summed E-state index contributed by atoms with van der Waals surface area (Å²) in [6.07, 6.45) is 1.71. The molecular formula is C12H9Br3N2O2S. The molecule has 8 heteroatoms. The number of hydrogen-bond donors (Lipinski definition) is 1. The number of nitrogens with one attached hydrogen (secondary N) is 1. The molecule has 0 unspecified atom stereocenters. The number of nitrogens with zero attached hydrogens (tertiary/aromatic N) is 1. The molecule has 0 aliphatic carbocycles. The van der Waals surface area contributed by atoms with Crippen molar-refractivity contribution in [1.82, 2.24) is 4.98 Å². The van der Waals surface area contributed by atoms with Crippen molar-refractivity contribution in [3.8, 4) is 5.75 Å². The Bertz CT molecular complexity index is 622. The number of halogens is 3. The maximum atomic E-state index is 11.8. The minimum atomic E-state index is -0.249. The van der Waals surface area contributed by atoms with Crippen molar-refractivity contribution in [2.24, 2.45) is 0 Å². The first-order valence-electron chi connectivity index (χ1n) is 5.45. The minimum Gasteiger partial charge on any atom is -0.481 e. The second kappa shape index (κ2) is 7.02. The first kappa shape index (κ1) is 15.9. The average Bonchev–Trinajstić information content (AvgIpc) is 2.73. The van der Waals surface area contributed by atoms with Crippen LogP contribution in [0.3, 0.4) is 0 Å². The van der Waals surface area contributed by atoms with Crippen LogP contribution in [0.15, 0.2) is 31.7 Å². The van der Waals surface area contributed by atoms with E-state index < -0.39 is 0 Å². The number of anilines is 1. The van der Waals surface area contributed by atoms with Gasteiger partial charge in [-0.3, -0.25) is 10.1 Å². The maximum Gasteiger partial charge on any atom is 0.264 e. The van der Waals surface area contributed by atoms with Gasteiger partial charge in [-0.05, 0) is 50.9 Å². The van der Waals surface area contributed by atoms with Gasteiger partial charge < -0.3 is 4.74 Å². The zero-order chi connectivity index (χ0) is 14.7. The van der Waals surface area contributed by atoms with E-state index in [9.17, 15) is 4.79 Å². The van der Waals surface area contributed by atoms with Crippen LogP contribution in [0.5, 0.6) is 5.75 Å². The van der Waals surface area contributed by atoms with Gasteiger partial charge in [-0.2, -0.15) is 0 Å². The number of rotatable bonds is 4. The SMILES string of the molecule is Cc1cnc(NC(=O)COc2c(Br)cc(Br)cc2Br)s1. The molecule has 0 fully saturated rings. The van der Waals surface area contributed by atoms with Crippen LogP contribution in [0, 0.1) is 6.92 Å². The van der Waals surface area contributed by atoms with Gasteiger partial charge in [0.2, 0.25) is 0 Å². The molecule has 2 rings (SSSR count). The number of amides is 1. The Morgan fingerprint density at radius 3 is 2.55 bits per heavy atom. The third-order valence-corrected chi connectivity index (χ3v) is 4.64. The van der Waals surface area contributed by atoms with Gasteiger partial charge in [-0.25, -0.2) is 4.98 Å². The fraction of sp³-hybridized carbons (Fsp3) is 0.167. The number of ether oxygens (including phenoxy) is 1. The third-order valence-electron chi connectivity index (χ3n) is 2.18. The lowest BCUT2D eigenvalue weighted by atomic mass is 10.3. The molecule has 1 N–H and O–H groups in total. The Morgan fingerprint density at radius 2 is 2.00 bits per heavy atom. The highest BCUT2D eigenvalue weighted by Gasteiger charge is 2.11. The summed E-state index contributed by atoms with van der Waals surface area (Å²) in [4.78, 5) is 16.9. The molecule has 0 aliphatic rings. The Labute approximate surface area is 145 Å². The lowest BCUT2D eigenvalue weighted by Gasteiger charge is -2.10. The molecule has 0 bridgehead atoms. The number of aryl methyl sites for hydroxylation is 1. The smallest absolute Gasteiger partial charge is 0.264 e. The van der Waals surface area contributed by atoms with Gasteiger partial charge in [0, 0.05) is 15.5 Å². The van der Waals surface area contributed by atoms with E-state index in [2.05, 4.69) is 58.1 Å². The number of hydrogen-bond acceptors (Lipinski definition) is 4. The van der Waals surface area contributed by atoms with Crippen LogP contribution >= 0.6 is 59.1 Å². The summed E-state index contributed by atoms with van der Waals surface area (Å²) in [5, 5.41) is 3.26. The van der Waals surface area contributed by atoms with E-state index in [0.717, 1.165) is 18.3 Å². The summed E-state index contributed by atoms with van der Waals surface area (Å²) in [5.74, 6) is 0.333. The van der Waals surface area contributed by atoms with Crippen LogP contribution < -0.4 is 10.1 Å². The summed E-state index contributed by atoms with van der Waals surface area (Å²) >= 11 is 11.6. The molecule has 0 atom stereocenters. The summed E-state index contributed by atoms with van der Waals surface area (Å²) < 4.78 is 7.94. The van der Waals surface area contributed by atoms with Crippen LogP contribution in [0.1, 0.15) is 4.88 Å². The summed E-state index contributed by atoms with van der Waals surface area (Å²) in [7, 11) is 0. The highest BCUT2D eigenvalue weighted by atomic mass is 79.9. The molecular weight excluding hydrogens is 476 g/mol. The quantitative estimate of drug-likeness (QED) is 0.681. The van der Waals surface area contributed by atoms with Gasteiger partial charge in [0.05, 0.1) is 8.95 Å². The van der Waals surface area contributed by atoms with Crippen LogP contribution in [0.4, 0.5) is 5.13 Å². The van der Waals surface area contributed by atoms with Gasteiger partial charge in [-0.1, -0.05) is 15.9 Å². The zero-order valence-electron chi connectivity index (χ0n) is 10.2. The Balaban J connectivity index is 1.97. The highest BCUT2D eigenvalue weighted by molar-refractivity contribution is 9.11. The van der Waals surface area contributed by atoms with Crippen molar-refractivity contribution in [3.63, 3.8) is 0 Å². The molecule has 0 radical (unpaired) electrons. The summed E-state index contributed by atoms with van der Waals surface area (Å²) in [6.45, 7) is 1.84. The fourth-order valence-corrected chi connectivity index (χ4v) is 4.54. The Morgan fingerprint density at radius 1 is 1.35 bits per heavy atom. The Hall–Kier alpha value is -0.440. The summed E-state index contributed by atoms with van der Waals surface area (Å²) in [6, 6.07) is 3.70. The average molecular weight is 485 g/mol. The monoisotopic (exact) mass is 482 g/mol. The second-order valence-electron chi connectivity index (χ2n) is 3.81. The molecule has 0 spiro atoms. The van der Waals surface area contributed by atoms with Gasteiger partial charge in [0.25, 0.3) is 5.91 Å². The molecule has 2 aromatic rings. The van der Waals surface area contributed by atoms with Crippen molar-refractivity contribution in [1.29, 1.82) is 0 Å². The molecule has 1 aromatic carbocycles. The van der Waals surface area contributed by atoms with E-state index >= 15 is 0 Å². The predicted octanol–water partition coefficient (Wildman–Crippen LogP) is 4.76. The largest absolute Gasteiger partial charge is 0.481 e. The van der Waals surface area contributed by atoms with Crippen LogP contribution in [0.25, 0.3) is 0 Å². The minimum absolute atomic E-state index is 0.0859. The molecule has 4 nitrogen and oxygen atoms in total. The van der Waals surface area contributed by atoms with Gasteiger partial charge in [0.15, 0.2) is 11.7 Å². The maximum absolute atomic E-state index is 11.8. The number of carbonyl (C=O) groups excluding carboxylic acids is 1. The summed E-state index contributed by atoms with van der Waals surface area (Å²) in [5.41, 5.74) is 0. The molecule has 0 saturated carbocycles. The van der Waals surface area contributed by atoms with Crippen molar-refractivity contribution < 1.29 is 9.53 Å². The molecule has 0 saturated heterocycles. The first-order chi connectivity index (χ1) is 9.45. The third kappa shape index (κ3) is 4.28. The van der Waals surface area contributed by atoms with Crippen molar-refractivity contribution >= 4 is 70.2 Å².